The Bertz CT molecular complexity index is 695. The molecule has 0 aliphatic heterocycles. The molecule has 0 saturated heterocycles. The molecule has 1 aromatic heterocycles. The van der Waals surface area contributed by atoms with Crippen molar-refractivity contribution >= 4 is 23.5 Å². The van der Waals surface area contributed by atoms with E-state index in [-0.39, 0.29) is 0 Å². The zero-order valence-electron chi connectivity index (χ0n) is 14.4. The van der Waals surface area contributed by atoms with Crippen LogP contribution in [-0.4, -0.2) is 49.1 Å². The maximum atomic E-state index is 12.0. The number of ether oxygens (including phenoxy) is 3. The molecule has 1 N–H and O–H groups in total. The Kier molecular flexibility index (Phi) is 7.34. The van der Waals surface area contributed by atoms with Crippen molar-refractivity contribution in [1.82, 2.24) is 9.97 Å². The lowest BCUT2D eigenvalue weighted by atomic mass is 10.3. The first-order valence-electron chi connectivity index (χ1n) is 7.76. The monoisotopic (exact) mass is 363 g/mol. The zero-order valence-corrected chi connectivity index (χ0v) is 15.3. The lowest BCUT2D eigenvalue weighted by Gasteiger charge is -2.12. The summed E-state index contributed by atoms with van der Waals surface area (Å²) in [6.07, 6.45) is 3.35. The summed E-state index contributed by atoms with van der Waals surface area (Å²) >= 11 is 1.40. The van der Waals surface area contributed by atoms with E-state index in [0.717, 1.165) is 11.5 Å². The SMILES string of the molecule is CCOC(=O)c1cnc(SC)nc1NCCOc1ccc(OC)cc1. The number of nitrogens with one attached hydrogen (secondary N) is 1. The van der Waals surface area contributed by atoms with Crippen molar-refractivity contribution in [2.75, 3.05) is 38.4 Å². The minimum Gasteiger partial charge on any atom is -0.497 e. The molecule has 134 valence electrons. The summed E-state index contributed by atoms with van der Waals surface area (Å²) < 4.78 is 15.8. The van der Waals surface area contributed by atoms with Crippen molar-refractivity contribution in [2.45, 2.75) is 12.1 Å². The van der Waals surface area contributed by atoms with Crippen LogP contribution in [0.25, 0.3) is 0 Å². The molecule has 0 amide bonds. The molecule has 0 unspecified atom stereocenters. The van der Waals surface area contributed by atoms with Gasteiger partial charge in [-0.15, -0.1) is 0 Å². The Morgan fingerprint density at radius 3 is 2.60 bits per heavy atom. The van der Waals surface area contributed by atoms with Gasteiger partial charge >= 0.3 is 5.97 Å². The quantitative estimate of drug-likeness (QED) is 0.315. The van der Waals surface area contributed by atoms with Gasteiger partial charge in [-0.2, -0.15) is 0 Å². The summed E-state index contributed by atoms with van der Waals surface area (Å²) in [6, 6.07) is 7.33. The van der Waals surface area contributed by atoms with Crippen molar-refractivity contribution in [3.63, 3.8) is 0 Å². The summed E-state index contributed by atoms with van der Waals surface area (Å²) in [4.78, 5) is 20.4. The summed E-state index contributed by atoms with van der Waals surface area (Å²) in [6.45, 7) is 2.93. The Morgan fingerprint density at radius 1 is 1.24 bits per heavy atom. The molecule has 1 aromatic carbocycles. The number of carbonyl (C=O) groups excluding carboxylic acids is 1. The molecule has 8 heteroatoms. The van der Waals surface area contributed by atoms with Gasteiger partial charge < -0.3 is 19.5 Å². The van der Waals surface area contributed by atoms with Crippen LogP contribution in [0.1, 0.15) is 17.3 Å². The van der Waals surface area contributed by atoms with Crippen molar-refractivity contribution < 1.29 is 19.0 Å². The number of rotatable bonds is 9. The number of nitrogens with zero attached hydrogens (tertiary/aromatic N) is 2. The highest BCUT2D eigenvalue weighted by atomic mass is 32.2. The Labute approximate surface area is 151 Å². The van der Waals surface area contributed by atoms with Gasteiger partial charge in [0.15, 0.2) is 5.16 Å². The number of thioether (sulfide) groups is 1. The molecule has 0 radical (unpaired) electrons. The molecule has 0 aliphatic rings. The minimum atomic E-state index is -0.450. The lowest BCUT2D eigenvalue weighted by Crippen LogP contribution is -2.17. The first-order valence-corrected chi connectivity index (χ1v) is 8.99. The van der Waals surface area contributed by atoms with Crippen LogP contribution in [0.15, 0.2) is 35.6 Å². The third-order valence-corrected chi connectivity index (χ3v) is 3.73. The van der Waals surface area contributed by atoms with Crippen LogP contribution in [0, 0.1) is 0 Å². The Hall–Kier alpha value is -2.48. The minimum absolute atomic E-state index is 0.295. The molecule has 25 heavy (non-hydrogen) atoms. The van der Waals surface area contributed by atoms with E-state index in [0.29, 0.717) is 36.3 Å². The molecule has 0 aliphatic carbocycles. The van der Waals surface area contributed by atoms with Gasteiger partial charge in [-0.3, -0.25) is 0 Å². The molecule has 0 bridgehead atoms. The third-order valence-electron chi connectivity index (χ3n) is 3.17. The molecule has 1 heterocycles. The number of anilines is 1. The molecule has 2 rings (SSSR count). The number of benzene rings is 1. The van der Waals surface area contributed by atoms with Gasteiger partial charge in [0, 0.05) is 6.20 Å². The molecule has 7 nitrogen and oxygen atoms in total. The fourth-order valence-electron chi connectivity index (χ4n) is 1.97. The first-order chi connectivity index (χ1) is 12.2. The maximum Gasteiger partial charge on any atom is 0.343 e. The van der Waals surface area contributed by atoms with E-state index < -0.39 is 5.97 Å². The summed E-state index contributed by atoms with van der Waals surface area (Å²) in [7, 11) is 1.62. The smallest absolute Gasteiger partial charge is 0.343 e. The molecule has 0 saturated carbocycles. The second-order valence-electron chi connectivity index (χ2n) is 4.79. The van der Waals surface area contributed by atoms with Gasteiger partial charge in [-0.05, 0) is 37.4 Å². The Balaban J connectivity index is 1.94. The molecular weight excluding hydrogens is 342 g/mol. The predicted octanol–water partition coefficient (Wildman–Crippen LogP) is 2.87. The third kappa shape index (κ3) is 5.53. The van der Waals surface area contributed by atoms with E-state index in [1.807, 2.05) is 30.5 Å². The average molecular weight is 363 g/mol. The van der Waals surface area contributed by atoms with E-state index in [9.17, 15) is 4.79 Å². The predicted molar refractivity (Wildman–Crippen MR) is 96.7 cm³/mol. The second-order valence-corrected chi connectivity index (χ2v) is 5.56. The van der Waals surface area contributed by atoms with Crippen LogP contribution < -0.4 is 14.8 Å². The van der Waals surface area contributed by atoms with Gasteiger partial charge in [0.2, 0.25) is 0 Å². The van der Waals surface area contributed by atoms with Gasteiger partial charge in [0.05, 0.1) is 20.3 Å². The van der Waals surface area contributed by atoms with Crippen LogP contribution in [0.3, 0.4) is 0 Å². The molecule has 0 fully saturated rings. The number of aromatic nitrogens is 2. The van der Waals surface area contributed by atoms with Crippen molar-refractivity contribution in [1.29, 1.82) is 0 Å². The fraction of sp³-hybridized carbons (Fsp3) is 0.353. The highest BCUT2D eigenvalue weighted by molar-refractivity contribution is 7.98. The fourth-order valence-corrected chi connectivity index (χ4v) is 2.31. The molecular formula is C17H21N3O4S. The summed E-state index contributed by atoms with van der Waals surface area (Å²) in [5.74, 6) is 1.50. The normalized spacial score (nSPS) is 10.2. The Morgan fingerprint density at radius 2 is 1.96 bits per heavy atom. The van der Waals surface area contributed by atoms with Crippen LogP contribution in [-0.2, 0) is 4.74 Å². The highest BCUT2D eigenvalue weighted by Crippen LogP contribution is 2.18. The molecule has 2 aromatic rings. The van der Waals surface area contributed by atoms with E-state index in [4.69, 9.17) is 14.2 Å². The van der Waals surface area contributed by atoms with Crippen molar-refractivity contribution in [3.05, 3.63) is 36.0 Å². The average Bonchev–Trinajstić information content (AvgIpc) is 2.65. The van der Waals surface area contributed by atoms with Crippen LogP contribution in [0.2, 0.25) is 0 Å². The summed E-state index contributed by atoms with van der Waals surface area (Å²) in [5.41, 5.74) is 0.309. The van der Waals surface area contributed by atoms with E-state index in [1.165, 1.54) is 18.0 Å². The topological polar surface area (TPSA) is 82.6 Å². The summed E-state index contributed by atoms with van der Waals surface area (Å²) in [5, 5.41) is 3.68. The number of hydrogen-bond donors (Lipinski definition) is 1. The number of esters is 1. The van der Waals surface area contributed by atoms with E-state index >= 15 is 0 Å². The molecule has 0 atom stereocenters. The lowest BCUT2D eigenvalue weighted by molar-refractivity contribution is 0.0526. The van der Waals surface area contributed by atoms with Crippen molar-refractivity contribution in [2.24, 2.45) is 0 Å². The van der Waals surface area contributed by atoms with Crippen LogP contribution >= 0.6 is 11.8 Å². The maximum absolute atomic E-state index is 12.0. The van der Waals surface area contributed by atoms with Gasteiger partial charge in [0.25, 0.3) is 0 Å². The number of hydrogen-bond acceptors (Lipinski definition) is 8. The standard InChI is InChI=1S/C17H21N3O4S/c1-4-23-16(21)14-11-19-17(25-3)20-15(14)18-9-10-24-13-7-5-12(22-2)6-8-13/h5-8,11H,4,9-10H2,1-3H3,(H,18,19,20). The van der Waals surface area contributed by atoms with Gasteiger partial charge in [-0.1, -0.05) is 11.8 Å². The van der Waals surface area contributed by atoms with E-state index in [2.05, 4.69) is 15.3 Å². The molecule has 0 spiro atoms. The highest BCUT2D eigenvalue weighted by Gasteiger charge is 2.15. The number of methoxy groups -OCH3 is 1. The van der Waals surface area contributed by atoms with Crippen molar-refractivity contribution in [3.8, 4) is 11.5 Å². The largest absolute Gasteiger partial charge is 0.497 e. The zero-order chi connectivity index (χ0) is 18.1. The van der Waals surface area contributed by atoms with Crippen LogP contribution in [0.5, 0.6) is 11.5 Å². The first kappa shape index (κ1) is 18.9. The van der Waals surface area contributed by atoms with Crippen LogP contribution in [0.4, 0.5) is 5.82 Å². The van der Waals surface area contributed by atoms with Gasteiger partial charge in [0.1, 0.15) is 29.5 Å². The van der Waals surface area contributed by atoms with E-state index in [1.54, 1.807) is 14.0 Å². The van der Waals surface area contributed by atoms with Gasteiger partial charge in [-0.25, -0.2) is 14.8 Å². The second kappa shape index (κ2) is 9.73. The number of carbonyl (C=O) groups is 1.